The molecule has 0 amide bonds. The maximum atomic E-state index is 9.66. The minimum absolute atomic E-state index is 0.302. The zero-order valence-electron chi connectivity index (χ0n) is 14.9. The Balaban J connectivity index is 2.11. The van der Waals surface area contributed by atoms with Gasteiger partial charge in [0.1, 0.15) is 5.75 Å². The molecule has 0 unspecified atom stereocenters. The summed E-state index contributed by atoms with van der Waals surface area (Å²) in [5.41, 5.74) is 7.68. The molecule has 0 saturated carbocycles. The molecule has 0 radical (unpaired) electrons. The van der Waals surface area contributed by atoms with Crippen molar-refractivity contribution in [1.29, 1.82) is 0 Å². The first kappa shape index (κ1) is 17.0. The van der Waals surface area contributed by atoms with Gasteiger partial charge in [-0.25, -0.2) is 0 Å². The fourth-order valence-electron chi connectivity index (χ4n) is 3.19. The Bertz CT molecular complexity index is 841. The lowest BCUT2D eigenvalue weighted by Gasteiger charge is -2.16. The van der Waals surface area contributed by atoms with Gasteiger partial charge in [0.25, 0.3) is 0 Å². The van der Waals surface area contributed by atoms with Gasteiger partial charge in [-0.05, 0) is 59.7 Å². The normalized spacial score (nSPS) is 11.9. The van der Waals surface area contributed by atoms with Crippen LogP contribution < -0.4 is 0 Å². The molecule has 25 heavy (non-hydrogen) atoms. The lowest BCUT2D eigenvalue weighted by atomic mass is 9.88. The van der Waals surface area contributed by atoms with Crippen LogP contribution >= 0.6 is 0 Å². The number of allylic oxidation sites excluding steroid dienone is 2. The zero-order valence-corrected chi connectivity index (χ0v) is 14.9. The lowest BCUT2D eigenvalue weighted by molar-refractivity contribution is 0.475. The quantitative estimate of drug-likeness (QED) is 0.548. The predicted molar refractivity (Wildman–Crippen MR) is 107 cm³/mol. The largest absolute Gasteiger partial charge is 0.508 e. The molecule has 1 nitrogen and oxygen atoms in total. The van der Waals surface area contributed by atoms with Gasteiger partial charge in [-0.3, -0.25) is 0 Å². The van der Waals surface area contributed by atoms with Crippen LogP contribution in [0.5, 0.6) is 5.75 Å². The van der Waals surface area contributed by atoms with Crippen molar-refractivity contribution in [2.75, 3.05) is 0 Å². The highest BCUT2D eigenvalue weighted by Crippen LogP contribution is 2.32. The number of rotatable bonds is 5. The smallest absolute Gasteiger partial charge is 0.115 e. The van der Waals surface area contributed by atoms with Crippen LogP contribution in [0.15, 0.2) is 78.9 Å². The van der Waals surface area contributed by atoms with Crippen LogP contribution in [0.25, 0.3) is 11.1 Å². The van der Waals surface area contributed by atoms with Crippen molar-refractivity contribution in [3.63, 3.8) is 0 Å². The average Bonchev–Trinajstić information content (AvgIpc) is 2.65. The van der Waals surface area contributed by atoms with E-state index in [4.69, 9.17) is 0 Å². The van der Waals surface area contributed by atoms with Crippen molar-refractivity contribution in [2.45, 2.75) is 26.7 Å². The van der Waals surface area contributed by atoms with Crippen LogP contribution in [0.2, 0.25) is 0 Å². The fourth-order valence-corrected chi connectivity index (χ4v) is 3.19. The SMILES string of the molecule is CCC(=C(Cc1ccc(C)cc1)c1ccc(O)cc1)c1ccccc1. The van der Waals surface area contributed by atoms with Gasteiger partial charge < -0.3 is 5.11 Å². The van der Waals surface area contributed by atoms with E-state index < -0.39 is 0 Å². The van der Waals surface area contributed by atoms with E-state index in [0.29, 0.717) is 5.75 Å². The van der Waals surface area contributed by atoms with E-state index in [0.717, 1.165) is 12.8 Å². The minimum Gasteiger partial charge on any atom is -0.508 e. The van der Waals surface area contributed by atoms with Crippen LogP contribution in [0.1, 0.15) is 35.6 Å². The first-order valence-electron chi connectivity index (χ1n) is 8.79. The van der Waals surface area contributed by atoms with E-state index in [2.05, 4.69) is 68.4 Å². The summed E-state index contributed by atoms with van der Waals surface area (Å²) in [6, 6.07) is 26.9. The second-order valence-corrected chi connectivity index (χ2v) is 6.39. The summed E-state index contributed by atoms with van der Waals surface area (Å²) in [4.78, 5) is 0. The molecule has 0 aliphatic rings. The Morgan fingerprint density at radius 2 is 1.32 bits per heavy atom. The number of hydrogen-bond acceptors (Lipinski definition) is 1. The van der Waals surface area contributed by atoms with Crippen LogP contribution in [0, 0.1) is 6.92 Å². The van der Waals surface area contributed by atoms with Crippen molar-refractivity contribution < 1.29 is 5.11 Å². The Kier molecular flexibility index (Phi) is 5.35. The van der Waals surface area contributed by atoms with Gasteiger partial charge in [0.05, 0.1) is 0 Å². The van der Waals surface area contributed by atoms with Crippen LogP contribution in [-0.4, -0.2) is 5.11 Å². The maximum absolute atomic E-state index is 9.66. The molecule has 3 rings (SSSR count). The molecule has 3 aromatic rings. The fraction of sp³-hybridized carbons (Fsp3) is 0.167. The summed E-state index contributed by atoms with van der Waals surface area (Å²) >= 11 is 0. The summed E-state index contributed by atoms with van der Waals surface area (Å²) in [6.07, 6.45) is 1.84. The van der Waals surface area contributed by atoms with Crippen molar-refractivity contribution in [2.24, 2.45) is 0 Å². The molecule has 0 aliphatic heterocycles. The minimum atomic E-state index is 0.302. The summed E-state index contributed by atoms with van der Waals surface area (Å²) in [5.74, 6) is 0.302. The number of hydrogen-bond donors (Lipinski definition) is 1. The van der Waals surface area contributed by atoms with Gasteiger partial charge >= 0.3 is 0 Å². The highest BCUT2D eigenvalue weighted by atomic mass is 16.3. The average molecular weight is 328 g/mol. The van der Waals surface area contributed by atoms with Gasteiger partial charge in [-0.2, -0.15) is 0 Å². The summed E-state index contributed by atoms with van der Waals surface area (Å²) in [7, 11) is 0. The van der Waals surface area contributed by atoms with Gasteiger partial charge in [0.2, 0.25) is 0 Å². The standard InChI is InChI=1S/C24H24O/c1-3-23(20-7-5-4-6-8-20)24(21-13-15-22(25)16-14-21)17-19-11-9-18(2)10-12-19/h4-16,25H,3,17H2,1-2H3. The highest BCUT2D eigenvalue weighted by Gasteiger charge is 2.11. The molecule has 3 aromatic carbocycles. The third-order valence-corrected chi connectivity index (χ3v) is 4.56. The summed E-state index contributed by atoms with van der Waals surface area (Å²) in [6.45, 7) is 4.32. The first-order chi connectivity index (χ1) is 12.2. The van der Waals surface area contributed by atoms with Crippen LogP contribution in [0.4, 0.5) is 0 Å². The van der Waals surface area contributed by atoms with E-state index >= 15 is 0 Å². The zero-order chi connectivity index (χ0) is 17.6. The molecular weight excluding hydrogens is 304 g/mol. The second kappa shape index (κ2) is 7.85. The Labute approximate surface area is 150 Å². The second-order valence-electron chi connectivity index (χ2n) is 6.39. The van der Waals surface area contributed by atoms with E-state index in [1.807, 2.05) is 12.1 Å². The molecule has 0 fully saturated rings. The molecule has 126 valence electrons. The molecule has 0 saturated heterocycles. The Morgan fingerprint density at radius 3 is 1.92 bits per heavy atom. The molecule has 0 atom stereocenters. The van der Waals surface area contributed by atoms with Gasteiger partial charge in [-0.1, -0.05) is 79.2 Å². The van der Waals surface area contributed by atoms with Gasteiger partial charge in [0.15, 0.2) is 0 Å². The van der Waals surface area contributed by atoms with Crippen LogP contribution in [-0.2, 0) is 6.42 Å². The number of aromatic hydroxyl groups is 1. The predicted octanol–water partition coefficient (Wildman–Crippen LogP) is 6.26. The number of aryl methyl sites for hydroxylation is 1. The third-order valence-electron chi connectivity index (χ3n) is 4.56. The molecule has 0 bridgehead atoms. The molecule has 1 N–H and O–H groups in total. The molecule has 0 heterocycles. The number of phenolic OH excluding ortho intramolecular Hbond substituents is 1. The van der Waals surface area contributed by atoms with Crippen molar-refractivity contribution in [1.82, 2.24) is 0 Å². The topological polar surface area (TPSA) is 20.2 Å². The van der Waals surface area contributed by atoms with Gasteiger partial charge in [-0.15, -0.1) is 0 Å². The van der Waals surface area contributed by atoms with Gasteiger partial charge in [0, 0.05) is 0 Å². The van der Waals surface area contributed by atoms with Crippen molar-refractivity contribution >= 4 is 11.1 Å². The Hall–Kier alpha value is -2.80. The molecule has 0 aliphatic carbocycles. The van der Waals surface area contributed by atoms with Crippen molar-refractivity contribution in [3.8, 4) is 5.75 Å². The molecular formula is C24H24O. The van der Waals surface area contributed by atoms with E-state index in [1.54, 1.807) is 12.1 Å². The van der Waals surface area contributed by atoms with E-state index in [1.165, 1.54) is 33.4 Å². The van der Waals surface area contributed by atoms with E-state index in [9.17, 15) is 5.11 Å². The summed E-state index contributed by atoms with van der Waals surface area (Å²) in [5, 5.41) is 9.66. The first-order valence-corrected chi connectivity index (χ1v) is 8.79. The summed E-state index contributed by atoms with van der Waals surface area (Å²) < 4.78 is 0. The molecule has 0 spiro atoms. The molecule has 0 aromatic heterocycles. The van der Waals surface area contributed by atoms with Crippen LogP contribution in [0.3, 0.4) is 0 Å². The Morgan fingerprint density at radius 1 is 0.720 bits per heavy atom. The van der Waals surface area contributed by atoms with Crippen molar-refractivity contribution in [3.05, 3.63) is 101 Å². The number of benzene rings is 3. The molecule has 1 heteroatoms. The van der Waals surface area contributed by atoms with E-state index in [-0.39, 0.29) is 0 Å². The number of phenols is 1. The highest BCUT2D eigenvalue weighted by molar-refractivity contribution is 5.91. The lowest BCUT2D eigenvalue weighted by Crippen LogP contribution is -1.97. The monoisotopic (exact) mass is 328 g/mol. The maximum Gasteiger partial charge on any atom is 0.115 e. The third kappa shape index (κ3) is 4.19.